The van der Waals surface area contributed by atoms with E-state index in [2.05, 4.69) is 28.2 Å². The summed E-state index contributed by atoms with van der Waals surface area (Å²) in [6.45, 7) is 0.760. The first-order valence-corrected chi connectivity index (χ1v) is 7.60. The summed E-state index contributed by atoms with van der Waals surface area (Å²) in [4.78, 5) is 16.9. The van der Waals surface area contributed by atoms with Gasteiger partial charge >= 0.3 is 6.03 Å². The van der Waals surface area contributed by atoms with Crippen LogP contribution in [0.1, 0.15) is 31.2 Å². The fourth-order valence-electron chi connectivity index (χ4n) is 4.15. The van der Waals surface area contributed by atoms with Crippen LogP contribution in [0.25, 0.3) is 0 Å². The largest absolute Gasteiger partial charge is 0.322 e. The van der Waals surface area contributed by atoms with Gasteiger partial charge in [-0.1, -0.05) is 18.2 Å². The number of fused-ring (bicyclic) bond motifs is 3. The molecule has 0 saturated carbocycles. The summed E-state index contributed by atoms with van der Waals surface area (Å²) in [6, 6.07) is 9.95. The number of hydrogen-bond donors (Lipinski definition) is 1. The Morgan fingerprint density at radius 1 is 1.10 bits per heavy atom. The zero-order valence-electron chi connectivity index (χ0n) is 11.9. The first kappa shape index (κ1) is 12.2. The molecule has 0 spiro atoms. The zero-order valence-corrected chi connectivity index (χ0v) is 11.9. The second-order valence-electron chi connectivity index (χ2n) is 6.39. The quantitative estimate of drug-likeness (QED) is 0.852. The molecule has 1 aromatic carbocycles. The van der Waals surface area contributed by atoms with Crippen molar-refractivity contribution < 1.29 is 4.79 Å². The molecule has 3 aliphatic rings. The molecule has 0 aliphatic carbocycles. The van der Waals surface area contributed by atoms with E-state index in [9.17, 15) is 4.79 Å². The van der Waals surface area contributed by atoms with Gasteiger partial charge in [0.05, 0.1) is 0 Å². The molecule has 2 amide bonds. The molecule has 106 valence electrons. The van der Waals surface area contributed by atoms with Gasteiger partial charge < -0.3 is 15.1 Å². The van der Waals surface area contributed by atoms with Gasteiger partial charge in [-0.05, 0) is 44.4 Å². The fourth-order valence-corrected chi connectivity index (χ4v) is 4.15. The third-order valence-corrected chi connectivity index (χ3v) is 5.37. The third-order valence-electron chi connectivity index (χ3n) is 5.37. The van der Waals surface area contributed by atoms with Gasteiger partial charge in [-0.3, -0.25) is 0 Å². The molecule has 0 aromatic heterocycles. The Kier molecular flexibility index (Phi) is 2.74. The van der Waals surface area contributed by atoms with Gasteiger partial charge in [-0.25, -0.2) is 4.79 Å². The van der Waals surface area contributed by atoms with Crippen LogP contribution < -0.4 is 5.32 Å². The van der Waals surface area contributed by atoms with Gasteiger partial charge in [0, 0.05) is 30.4 Å². The molecule has 3 heterocycles. The van der Waals surface area contributed by atoms with E-state index >= 15 is 0 Å². The predicted molar refractivity (Wildman–Crippen MR) is 78.6 cm³/mol. The Balaban J connectivity index is 1.57. The number of amides is 2. The van der Waals surface area contributed by atoms with Crippen LogP contribution >= 0.6 is 0 Å². The van der Waals surface area contributed by atoms with E-state index < -0.39 is 0 Å². The standard InChI is InChI=1S/C16H21N3O/c1-18-12-6-7-13(18)9-14(8-12)19-10-11-4-2-3-5-15(11)17-16(19)20/h2-5,12-14H,6-10H2,1H3,(H,17,20). The number of piperidine rings is 1. The monoisotopic (exact) mass is 271 g/mol. The summed E-state index contributed by atoms with van der Waals surface area (Å²) in [5.74, 6) is 0. The van der Waals surface area contributed by atoms with Crippen molar-refractivity contribution in [2.24, 2.45) is 0 Å². The number of rotatable bonds is 1. The van der Waals surface area contributed by atoms with Crippen molar-refractivity contribution in [1.29, 1.82) is 0 Å². The van der Waals surface area contributed by atoms with Crippen LogP contribution in [0.5, 0.6) is 0 Å². The van der Waals surface area contributed by atoms with Gasteiger partial charge in [0.1, 0.15) is 0 Å². The molecule has 2 saturated heterocycles. The lowest BCUT2D eigenvalue weighted by Crippen LogP contribution is -2.52. The minimum absolute atomic E-state index is 0.0812. The minimum Gasteiger partial charge on any atom is -0.317 e. The maximum absolute atomic E-state index is 12.4. The SMILES string of the molecule is CN1C2CCC1CC(N1Cc3ccccc3NC1=O)C2. The van der Waals surface area contributed by atoms with E-state index in [1.807, 2.05) is 18.2 Å². The number of carbonyl (C=O) groups is 1. The van der Waals surface area contributed by atoms with Gasteiger partial charge in [-0.2, -0.15) is 0 Å². The first-order chi connectivity index (χ1) is 9.72. The number of urea groups is 1. The smallest absolute Gasteiger partial charge is 0.317 e. The van der Waals surface area contributed by atoms with Crippen LogP contribution in [0.2, 0.25) is 0 Å². The second-order valence-corrected chi connectivity index (χ2v) is 6.39. The maximum atomic E-state index is 12.4. The Morgan fingerprint density at radius 2 is 1.80 bits per heavy atom. The van der Waals surface area contributed by atoms with Crippen molar-refractivity contribution in [2.45, 2.75) is 50.4 Å². The summed E-state index contributed by atoms with van der Waals surface area (Å²) in [5.41, 5.74) is 2.21. The van der Waals surface area contributed by atoms with E-state index in [1.54, 1.807) is 0 Å². The van der Waals surface area contributed by atoms with Crippen molar-refractivity contribution in [2.75, 3.05) is 12.4 Å². The van der Waals surface area contributed by atoms with Crippen molar-refractivity contribution in [1.82, 2.24) is 9.80 Å². The van der Waals surface area contributed by atoms with E-state index in [0.29, 0.717) is 18.1 Å². The zero-order chi connectivity index (χ0) is 13.7. The molecule has 4 nitrogen and oxygen atoms in total. The van der Waals surface area contributed by atoms with Crippen LogP contribution in [-0.4, -0.2) is 41.0 Å². The molecular formula is C16H21N3O. The lowest BCUT2D eigenvalue weighted by molar-refractivity contribution is 0.0901. The summed E-state index contributed by atoms with van der Waals surface area (Å²) >= 11 is 0. The van der Waals surface area contributed by atoms with Gasteiger partial charge in [0.15, 0.2) is 0 Å². The molecule has 3 aliphatic heterocycles. The molecular weight excluding hydrogens is 250 g/mol. The molecule has 4 heteroatoms. The van der Waals surface area contributed by atoms with E-state index in [-0.39, 0.29) is 6.03 Å². The predicted octanol–water partition coefficient (Wildman–Crippen LogP) is 2.66. The van der Waals surface area contributed by atoms with Gasteiger partial charge in [-0.15, -0.1) is 0 Å². The molecule has 1 aromatic rings. The van der Waals surface area contributed by atoms with Crippen molar-refractivity contribution in [3.8, 4) is 0 Å². The van der Waals surface area contributed by atoms with E-state index in [4.69, 9.17) is 0 Å². The Morgan fingerprint density at radius 3 is 2.55 bits per heavy atom. The van der Waals surface area contributed by atoms with E-state index in [0.717, 1.165) is 25.1 Å². The normalized spacial score (nSPS) is 33.0. The fraction of sp³-hybridized carbons (Fsp3) is 0.562. The van der Waals surface area contributed by atoms with Crippen LogP contribution in [0.4, 0.5) is 10.5 Å². The Hall–Kier alpha value is -1.55. The molecule has 20 heavy (non-hydrogen) atoms. The summed E-state index contributed by atoms with van der Waals surface area (Å²) < 4.78 is 0. The highest BCUT2D eigenvalue weighted by Gasteiger charge is 2.42. The summed E-state index contributed by atoms with van der Waals surface area (Å²) in [5, 5.41) is 3.04. The summed E-state index contributed by atoms with van der Waals surface area (Å²) in [7, 11) is 2.24. The molecule has 2 atom stereocenters. The maximum Gasteiger partial charge on any atom is 0.322 e. The topological polar surface area (TPSA) is 35.6 Å². The molecule has 2 bridgehead atoms. The van der Waals surface area contributed by atoms with Crippen LogP contribution in [0.15, 0.2) is 24.3 Å². The van der Waals surface area contributed by atoms with E-state index in [1.165, 1.54) is 18.4 Å². The highest BCUT2D eigenvalue weighted by Crippen LogP contribution is 2.38. The third kappa shape index (κ3) is 1.82. The number of para-hydroxylation sites is 1. The molecule has 1 N–H and O–H groups in total. The Bertz CT molecular complexity index is 530. The molecule has 4 rings (SSSR count). The van der Waals surface area contributed by atoms with Gasteiger partial charge in [0.25, 0.3) is 0 Å². The number of nitrogens with zero attached hydrogens (tertiary/aromatic N) is 2. The van der Waals surface area contributed by atoms with Crippen molar-refractivity contribution >= 4 is 11.7 Å². The highest BCUT2D eigenvalue weighted by molar-refractivity contribution is 5.92. The molecule has 2 unspecified atom stereocenters. The number of carbonyl (C=O) groups excluding carboxylic acids is 1. The molecule has 0 radical (unpaired) electrons. The minimum atomic E-state index is 0.0812. The number of hydrogen-bond acceptors (Lipinski definition) is 2. The van der Waals surface area contributed by atoms with Crippen LogP contribution in [-0.2, 0) is 6.54 Å². The number of nitrogens with one attached hydrogen (secondary N) is 1. The lowest BCUT2D eigenvalue weighted by Gasteiger charge is -2.43. The number of anilines is 1. The first-order valence-electron chi connectivity index (χ1n) is 7.60. The average Bonchev–Trinajstić information content (AvgIpc) is 2.68. The van der Waals surface area contributed by atoms with Crippen LogP contribution in [0.3, 0.4) is 0 Å². The second kappa shape index (κ2) is 4.48. The lowest BCUT2D eigenvalue weighted by atomic mass is 9.95. The molecule has 2 fully saturated rings. The van der Waals surface area contributed by atoms with Crippen molar-refractivity contribution in [3.05, 3.63) is 29.8 Å². The number of benzene rings is 1. The van der Waals surface area contributed by atoms with Gasteiger partial charge in [0.2, 0.25) is 0 Å². The average molecular weight is 271 g/mol. The van der Waals surface area contributed by atoms with Crippen molar-refractivity contribution in [3.63, 3.8) is 0 Å². The summed E-state index contributed by atoms with van der Waals surface area (Å²) in [6.07, 6.45) is 4.85. The van der Waals surface area contributed by atoms with Crippen LogP contribution in [0, 0.1) is 0 Å². The Labute approximate surface area is 119 Å². The highest BCUT2D eigenvalue weighted by atomic mass is 16.2.